The molecule has 0 saturated heterocycles. The van der Waals surface area contributed by atoms with Gasteiger partial charge in [-0.1, -0.05) is 32.8 Å². The summed E-state index contributed by atoms with van der Waals surface area (Å²) in [6.07, 6.45) is 3.95. The highest BCUT2D eigenvalue weighted by atomic mass is 16.5. The van der Waals surface area contributed by atoms with Gasteiger partial charge >= 0.3 is 0 Å². The molecule has 1 aliphatic carbocycles. The summed E-state index contributed by atoms with van der Waals surface area (Å²) < 4.78 is 5.69. The first kappa shape index (κ1) is 15.8. The molecule has 4 heteroatoms. The molecule has 1 aliphatic rings. The Balaban J connectivity index is 2.02. The smallest absolute Gasteiger partial charge is 0.231 e. The highest BCUT2D eigenvalue weighted by Crippen LogP contribution is 2.38. The topological polar surface area (TPSA) is 64.3 Å². The molecule has 1 amide bonds. The van der Waals surface area contributed by atoms with Crippen LogP contribution in [-0.2, 0) is 4.79 Å². The van der Waals surface area contributed by atoms with Crippen molar-refractivity contribution in [2.24, 2.45) is 17.1 Å². The van der Waals surface area contributed by atoms with E-state index in [0.29, 0.717) is 19.1 Å². The molecular weight excluding hydrogens is 264 g/mol. The minimum absolute atomic E-state index is 0.0449. The zero-order valence-electron chi connectivity index (χ0n) is 13.0. The van der Waals surface area contributed by atoms with Crippen LogP contribution in [0.2, 0.25) is 0 Å². The average Bonchev–Trinajstić information content (AvgIpc) is 2.96. The minimum Gasteiger partial charge on any atom is -0.493 e. The maximum absolute atomic E-state index is 12.5. The maximum atomic E-state index is 12.5. The standard InChI is InChI=1S/C17H26N2O2/c1-13(2)11-21-15-7-5-6-14(10-15)19-16(20)17(12-18)8-3-4-9-17/h5-7,10,13H,3-4,8-9,11-12,18H2,1-2H3,(H,19,20). The Morgan fingerprint density at radius 3 is 2.71 bits per heavy atom. The van der Waals surface area contributed by atoms with Crippen LogP contribution in [0.5, 0.6) is 5.75 Å². The molecule has 1 saturated carbocycles. The van der Waals surface area contributed by atoms with E-state index < -0.39 is 0 Å². The molecule has 0 aliphatic heterocycles. The van der Waals surface area contributed by atoms with E-state index in [1.54, 1.807) is 0 Å². The van der Waals surface area contributed by atoms with Gasteiger partial charge in [0.05, 0.1) is 12.0 Å². The number of nitrogens with one attached hydrogen (secondary N) is 1. The quantitative estimate of drug-likeness (QED) is 0.845. The summed E-state index contributed by atoms with van der Waals surface area (Å²) >= 11 is 0. The van der Waals surface area contributed by atoms with E-state index in [-0.39, 0.29) is 11.3 Å². The van der Waals surface area contributed by atoms with E-state index in [1.165, 1.54) is 0 Å². The van der Waals surface area contributed by atoms with Crippen LogP contribution in [0.15, 0.2) is 24.3 Å². The third-order valence-corrected chi connectivity index (χ3v) is 4.11. The van der Waals surface area contributed by atoms with Gasteiger partial charge in [-0.3, -0.25) is 4.79 Å². The first-order valence-electron chi connectivity index (χ1n) is 7.80. The Morgan fingerprint density at radius 2 is 2.10 bits per heavy atom. The van der Waals surface area contributed by atoms with Crippen LogP contribution in [0, 0.1) is 11.3 Å². The lowest BCUT2D eigenvalue weighted by atomic mass is 9.85. The van der Waals surface area contributed by atoms with E-state index in [1.807, 2.05) is 24.3 Å². The highest BCUT2D eigenvalue weighted by Gasteiger charge is 2.39. The lowest BCUT2D eigenvalue weighted by molar-refractivity contribution is -0.124. The number of anilines is 1. The molecule has 0 bridgehead atoms. The van der Waals surface area contributed by atoms with Crippen molar-refractivity contribution in [3.63, 3.8) is 0 Å². The molecule has 0 radical (unpaired) electrons. The second kappa shape index (κ2) is 6.94. The summed E-state index contributed by atoms with van der Waals surface area (Å²) in [5, 5.41) is 3.00. The molecule has 1 fully saturated rings. The van der Waals surface area contributed by atoms with E-state index in [0.717, 1.165) is 37.1 Å². The van der Waals surface area contributed by atoms with Crippen molar-refractivity contribution < 1.29 is 9.53 Å². The molecule has 0 aromatic heterocycles. The Morgan fingerprint density at radius 1 is 1.38 bits per heavy atom. The van der Waals surface area contributed by atoms with E-state index >= 15 is 0 Å². The van der Waals surface area contributed by atoms with Crippen LogP contribution in [0.1, 0.15) is 39.5 Å². The Labute approximate surface area is 127 Å². The molecule has 0 spiro atoms. The summed E-state index contributed by atoms with van der Waals surface area (Å²) in [5.74, 6) is 1.31. The normalized spacial score (nSPS) is 17.0. The number of rotatable bonds is 6. The van der Waals surface area contributed by atoms with Crippen molar-refractivity contribution in [2.75, 3.05) is 18.5 Å². The maximum Gasteiger partial charge on any atom is 0.231 e. The van der Waals surface area contributed by atoms with Gasteiger partial charge < -0.3 is 15.8 Å². The SMILES string of the molecule is CC(C)COc1cccc(NC(=O)C2(CN)CCCC2)c1. The summed E-state index contributed by atoms with van der Waals surface area (Å²) in [6, 6.07) is 7.57. The molecule has 21 heavy (non-hydrogen) atoms. The zero-order chi connectivity index (χ0) is 15.3. The second-order valence-corrected chi connectivity index (χ2v) is 6.38. The zero-order valence-corrected chi connectivity index (χ0v) is 13.0. The van der Waals surface area contributed by atoms with Crippen LogP contribution in [0.4, 0.5) is 5.69 Å². The molecule has 4 nitrogen and oxygen atoms in total. The molecule has 2 rings (SSSR count). The van der Waals surface area contributed by atoms with Gasteiger partial charge in [0.1, 0.15) is 5.75 Å². The third kappa shape index (κ3) is 3.97. The number of ether oxygens (including phenoxy) is 1. The molecule has 1 aromatic carbocycles. The van der Waals surface area contributed by atoms with Crippen molar-refractivity contribution >= 4 is 11.6 Å². The van der Waals surface area contributed by atoms with Crippen LogP contribution in [0.3, 0.4) is 0 Å². The fraction of sp³-hybridized carbons (Fsp3) is 0.588. The van der Waals surface area contributed by atoms with Gasteiger partial charge in [0, 0.05) is 18.3 Å². The van der Waals surface area contributed by atoms with Crippen molar-refractivity contribution in [1.82, 2.24) is 0 Å². The van der Waals surface area contributed by atoms with Gasteiger partial charge in [-0.2, -0.15) is 0 Å². The van der Waals surface area contributed by atoms with Gasteiger partial charge in [-0.25, -0.2) is 0 Å². The van der Waals surface area contributed by atoms with Crippen LogP contribution in [-0.4, -0.2) is 19.1 Å². The molecule has 0 heterocycles. The predicted molar refractivity (Wildman–Crippen MR) is 85.4 cm³/mol. The van der Waals surface area contributed by atoms with E-state index in [4.69, 9.17) is 10.5 Å². The van der Waals surface area contributed by atoms with E-state index in [2.05, 4.69) is 19.2 Å². The summed E-state index contributed by atoms with van der Waals surface area (Å²) in [6.45, 7) is 5.31. The number of hydrogen-bond acceptors (Lipinski definition) is 3. The fourth-order valence-corrected chi connectivity index (χ4v) is 2.77. The first-order valence-corrected chi connectivity index (χ1v) is 7.80. The number of benzene rings is 1. The number of nitrogens with two attached hydrogens (primary N) is 1. The average molecular weight is 290 g/mol. The Hall–Kier alpha value is -1.55. The monoisotopic (exact) mass is 290 g/mol. The Bertz CT molecular complexity index is 479. The van der Waals surface area contributed by atoms with Gasteiger partial charge in [0.25, 0.3) is 0 Å². The van der Waals surface area contributed by atoms with Gasteiger partial charge in [0.15, 0.2) is 0 Å². The number of amides is 1. The summed E-state index contributed by atoms with van der Waals surface area (Å²) in [4.78, 5) is 12.5. The number of hydrogen-bond donors (Lipinski definition) is 2. The van der Waals surface area contributed by atoms with Crippen molar-refractivity contribution in [1.29, 1.82) is 0 Å². The highest BCUT2D eigenvalue weighted by molar-refractivity contribution is 5.95. The van der Waals surface area contributed by atoms with Gasteiger partial charge in [0.2, 0.25) is 5.91 Å². The molecule has 0 atom stereocenters. The van der Waals surface area contributed by atoms with Crippen LogP contribution >= 0.6 is 0 Å². The summed E-state index contributed by atoms with van der Waals surface area (Å²) in [5.41, 5.74) is 6.25. The predicted octanol–water partition coefficient (Wildman–Crippen LogP) is 3.18. The number of carbonyl (C=O) groups is 1. The first-order chi connectivity index (χ1) is 10.1. The largest absolute Gasteiger partial charge is 0.493 e. The van der Waals surface area contributed by atoms with Crippen LogP contribution in [0.25, 0.3) is 0 Å². The summed E-state index contributed by atoms with van der Waals surface area (Å²) in [7, 11) is 0. The number of carbonyl (C=O) groups excluding carboxylic acids is 1. The third-order valence-electron chi connectivity index (χ3n) is 4.11. The van der Waals surface area contributed by atoms with Gasteiger partial charge in [-0.05, 0) is 30.9 Å². The Kier molecular flexibility index (Phi) is 5.23. The molecule has 3 N–H and O–H groups in total. The molecule has 116 valence electrons. The minimum atomic E-state index is -0.380. The molecular formula is C17H26N2O2. The van der Waals surface area contributed by atoms with Gasteiger partial charge in [-0.15, -0.1) is 0 Å². The fourth-order valence-electron chi connectivity index (χ4n) is 2.77. The van der Waals surface area contributed by atoms with Crippen molar-refractivity contribution in [3.05, 3.63) is 24.3 Å². The lowest BCUT2D eigenvalue weighted by Crippen LogP contribution is -2.40. The van der Waals surface area contributed by atoms with E-state index in [9.17, 15) is 4.79 Å². The lowest BCUT2D eigenvalue weighted by Gasteiger charge is -2.25. The van der Waals surface area contributed by atoms with Crippen LogP contribution < -0.4 is 15.8 Å². The second-order valence-electron chi connectivity index (χ2n) is 6.38. The van der Waals surface area contributed by atoms with Crippen molar-refractivity contribution in [2.45, 2.75) is 39.5 Å². The molecule has 0 unspecified atom stereocenters. The van der Waals surface area contributed by atoms with Crippen molar-refractivity contribution in [3.8, 4) is 5.75 Å². The molecule has 1 aromatic rings.